The van der Waals surface area contributed by atoms with E-state index in [4.69, 9.17) is 9.47 Å². The molecule has 1 atom stereocenters. The van der Waals surface area contributed by atoms with E-state index in [1.165, 1.54) is 10.9 Å². The molecule has 4 rings (SSSR count). The first-order valence-electron chi connectivity index (χ1n) is 9.60. The van der Waals surface area contributed by atoms with Crippen LogP contribution in [0.5, 0.6) is 11.5 Å². The first-order chi connectivity index (χ1) is 14.0. The molecule has 150 valence electrons. The van der Waals surface area contributed by atoms with Gasteiger partial charge in [0.15, 0.2) is 17.6 Å². The van der Waals surface area contributed by atoms with Gasteiger partial charge in [0, 0.05) is 20.0 Å². The summed E-state index contributed by atoms with van der Waals surface area (Å²) in [5.41, 5.74) is 1.53. The van der Waals surface area contributed by atoms with E-state index < -0.39 is 0 Å². The molecule has 1 unspecified atom stereocenters. The lowest BCUT2D eigenvalue weighted by molar-refractivity contribution is -0.131. The molecule has 3 aromatic rings. The molecule has 0 spiro atoms. The maximum absolute atomic E-state index is 12.7. The standard InChI is InChI=1S/C22H23N3O4/c1-15-6-5-7-17-21(15)23-14-25(22(17)27)11-10-20(26)24(2)12-16-13-28-18-8-3-4-9-19(18)29-16/h3-9,14,16H,10-13H2,1-2H3. The molecule has 0 aliphatic carbocycles. The monoisotopic (exact) mass is 393 g/mol. The molecule has 2 aromatic carbocycles. The Balaban J connectivity index is 1.37. The number of rotatable bonds is 5. The van der Waals surface area contributed by atoms with Gasteiger partial charge in [0.2, 0.25) is 5.91 Å². The molecular formula is C22H23N3O4. The number of hydrogen-bond donors (Lipinski definition) is 0. The van der Waals surface area contributed by atoms with Crippen molar-refractivity contribution in [3.8, 4) is 11.5 Å². The van der Waals surface area contributed by atoms with Gasteiger partial charge in [-0.05, 0) is 30.7 Å². The number of amides is 1. The Kier molecular flexibility index (Phi) is 5.20. The predicted molar refractivity (Wildman–Crippen MR) is 109 cm³/mol. The van der Waals surface area contributed by atoms with Gasteiger partial charge in [0.1, 0.15) is 6.61 Å². The number of fused-ring (bicyclic) bond motifs is 2. The first-order valence-corrected chi connectivity index (χ1v) is 9.60. The van der Waals surface area contributed by atoms with Gasteiger partial charge in [0.25, 0.3) is 5.56 Å². The van der Waals surface area contributed by atoms with Crippen molar-refractivity contribution in [1.29, 1.82) is 0 Å². The quantitative estimate of drug-likeness (QED) is 0.666. The number of carbonyl (C=O) groups is 1. The van der Waals surface area contributed by atoms with Crippen LogP contribution in [-0.2, 0) is 11.3 Å². The Morgan fingerprint density at radius 1 is 1.21 bits per heavy atom. The average Bonchev–Trinajstić information content (AvgIpc) is 2.73. The number of ether oxygens (including phenoxy) is 2. The van der Waals surface area contributed by atoms with E-state index in [9.17, 15) is 9.59 Å². The van der Waals surface area contributed by atoms with Crippen molar-refractivity contribution in [3.05, 3.63) is 64.7 Å². The topological polar surface area (TPSA) is 73.7 Å². The molecule has 0 bridgehead atoms. The van der Waals surface area contributed by atoms with Crippen molar-refractivity contribution in [2.24, 2.45) is 0 Å². The van der Waals surface area contributed by atoms with Crippen LogP contribution in [0, 0.1) is 6.92 Å². The number of benzene rings is 2. The number of carbonyl (C=O) groups excluding carboxylic acids is 1. The summed E-state index contributed by atoms with van der Waals surface area (Å²) in [4.78, 5) is 31.2. The fourth-order valence-electron chi connectivity index (χ4n) is 3.46. The molecule has 1 aliphatic heterocycles. The van der Waals surface area contributed by atoms with E-state index in [1.807, 2.05) is 43.3 Å². The Morgan fingerprint density at radius 3 is 2.83 bits per heavy atom. The predicted octanol–water partition coefficient (Wildman–Crippen LogP) is 2.39. The van der Waals surface area contributed by atoms with Crippen LogP contribution in [0.1, 0.15) is 12.0 Å². The number of aromatic nitrogens is 2. The molecule has 0 fully saturated rings. The highest BCUT2D eigenvalue weighted by atomic mass is 16.6. The summed E-state index contributed by atoms with van der Waals surface area (Å²) >= 11 is 0. The molecule has 1 aliphatic rings. The van der Waals surface area contributed by atoms with Crippen LogP contribution in [0.15, 0.2) is 53.6 Å². The van der Waals surface area contributed by atoms with Crippen molar-refractivity contribution in [1.82, 2.24) is 14.5 Å². The number of aryl methyl sites for hydroxylation is 2. The Hall–Kier alpha value is -3.35. The van der Waals surface area contributed by atoms with Gasteiger partial charge in [-0.2, -0.15) is 0 Å². The molecule has 0 N–H and O–H groups in total. The van der Waals surface area contributed by atoms with Crippen molar-refractivity contribution >= 4 is 16.8 Å². The fraction of sp³-hybridized carbons (Fsp3) is 0.318. The zero-order valence-electron chi connectivity index (χ0n) is 16.5. The van der Waals surface area contributed by atoms with Crippen LogP contribution in [0.4, 0.5) is 0 Å². The second kappa shape index (κ2) is 7.95. The van der Waals surface area contributed by atoms with Crippen molar-refractivity contribution in [2.45, 2.75) is 26.0 Å². The van der Waals surface area contributed by atoms with E-state index in [-0.39, 0.29) is 30.5 Å². The maximum atomic E-state index is 12.7. The molecular weight excluding hydrogens is 370 g/mol. The lowest BCUT2D eigenvalue weighted by Gasteiger charge is -2.29. The summed E-state index contributed by atoms with van der Waals surface area (Å²) in [5.74, 6) is 1.34. The van der Waals surface area contributed by atoms with Gasteiger partial charge in [0.05, 0.1) is 23.8 Å². The summed E-state index contributed by atoms with van der Waals surface area (Å²) in [7, 11) is 1.73. The summed E-state index contributed by atoms with van der Waals surface area (Å²) in [5, 5.41) is 0.569. The zero-order chi connectivity index (χ0) is 20.4. The number of likely N-dealkylation sites (N-methyl/N-ethyl adjacent to an activating group) is 1. The number of nitrogens with zero attached hydrogens (tertiary/aromatic N) is 3. The molecule has 7 heteroatoms. The van der Waals surface area contributed by atoms with Crippen LogP contribution in [0.25, 0.3) is 10.9 Å². The summed E-state index contributed by atoms with van der Waals surface area (Å²) < 4.78 is 13.1. The minimum Gasteiger partial charge on any atom is -0.486 e. The van der Waals surface area contributed by atoms with Gasteiger partial charge in [-0.3, -0.25) is 14.2 Å². The van der Waals surface area contributed by atoms with Crippen LogP contribution in [-0.4, -0.2) is 46.7 Å². The summed E-state index contributed by atoms with van der Waals surface area (Å²) in [6, 6.07) is 13.0. The third-order valence-corrected chi connectivity index (χ3v) is 5.09. The van der Waals surface area contributed by atoms with Crippen molar-refractivity contribution in [2.75, 3.05) is 20.2 Å². The molecule has 0 saturated heterocycles. The number of hydrogen-bond acceptors (Lipinski definition) is 5. The lowest BCUT2D eigenvalue weighted by atomic mass is 10.1. The molecule has 1 aromatic heterocycles. The maximum Gasteiger partial charge on any atom is 0.261 e. The lowest BCUT2D eigenvalue weighted by Crippen LogP contribution is -2.42. The van der Waals surface area contributed by atoms with Gasteiger partial charge in [-0.15, -0.1) is 0 Å². The van der Waals surface area contributed by atoms with E-state index in [0.717, 1.165) is 11.3 Å². The van der Waals surface area contributed by atoms with E-state index in [2.05, 4.69) is 4.98 Å². The molecule has 0 radical (unpaired) electrons. The highest BCUT2D eigenvalue weighted by Gasteiger charge is 2.23. The highest BCUT2D eigenvalue weighted by Crippen LogP contribution is 2.30. The second-order valence-corrected chi connectivity index (χ2v) is 7.24. The Morgan fingerprint density at radius 2 is 2.00 bits per heavy atom. The first kappa shape index (κ1) is 19.0. The van der Waals surface area contributed by atoms with Gasteiger partial charge in [-0.1, -0.05) is 24.3 Å². The molecule has 7 nitrogen and oxygen atoms in total. The summed E-state index contributed by atoms with van der Waals surface area (Å²) in [6.07, 6.45) is 1.49. The molecule has 29 heavy (non-hydrogen) atoms. The summed E-state index contributed by atoms with van der Waals surface area (Å²) in [6.45, 7) is 3.01. The Labute approximate surface area is 168 Å². The van der Waals surface area contributed by atoms with Crippen LogP contribution < -0.4 is 15.0 Å². The van der Waals surface area contributed by atoms with Crippen LogP contribution in [0.2, 0.25) is 0 Å². The zero-order valence-corrected chi connectivity index (χ0v) is 16.5. The molecule has 0 saturated carbocycles. The second-order valence-electron chi connectivity index (χ2n) is 7.24. The Bertz CT molecular complexity index is 1110. The molecule has 1 amide bonds. The van der Waals surface area contributed by atoms with Crippen LogP contribution >= 0.6 is 0 Å². The third kappa shape index (κ3) is 3.94. The van der Waals surface area contributed by atoms with Gasteiger partial charge < -0.3 is 14.4 Å². The van der Waals surface area contributed by atoms with Crippen molar-refractivity contribution in [3.63, 3.8) is 0 Å². The third-order valence-electron chi connectivity index (χ3n) is 5.09. The van der Waals surface area contributed by atoms with Crippen LogP contribution in [0.3, 0.4) is 0 Å². The normalized spacial score (nSPS) is 15.3. The van der Waals surface area contributed by atoms with E-state index in [0.29, 0.717) is 29.8 Å². The van der Waals surface area contributed by atoms with E-state index in [1.54, 1.807) is 18.0 Å². The largest absolute Gasteiger partial charge is 0.486 e. The minimum atomic E-state index is -0.230. The fourth-order valence-corrected chi connectivity index (χ4v) is 3.46. The average molecular weight is 393 g/mol. The van der Waals surface area contributed by atoms with Crippen molar-refractivity contribution < 1.29 is 14.3 Å². The molecule has 2 heterocycles. The smallest absolute Gasteiger partial charge is 0.261 e. The number of para-hydroxylation sites is 3. The SMILES string of the molecule is Cc1cccc2c(=O)n(CCC(=O)N(C)CC3COc4ccccc4O3)cnc12. The highest BCUT2D eigenvalue weighted by molar-refractivity contribution is 5.80. The van der Waals surface area contributed by atoms with E-state index >= 15 is 0 Å². The van der Waals surface area contributed by atoms with Gasteiger partial charge >= 0.3 is 0 Å². The van der Waals surface area contributed by atoms with Gasteiger partial charge in [-0.25, -0.2) is 4.98 Å². The minimum absolute atomic E-state index is 0.0660.